The van der Waals surface area contributed by atoms with Gasteiger partial charge in [0.25, 0.3) is 0 Å². The van der Waals surface area contributed by atoms with Gasteiger partial charge < -0.3 is 5.73 Å². The van der Waals surface area contributed by atoms with Crippen LogP contribution >= 0.6 is 0 Å². The number of nitrogen functional groups attached to an aromatic ring is 1. The predicted octanol–water partition coefficient (Wildman–Crippen LogP) is 3.84. The zero-order chi connectivity index (χ0) is 14.8. The van der Waals surface area contributed by atoms with Crippen LogP contribution in [0.4, 0.5) is 10.2 Å². The Labute approximate surface area is 122 Å². The Balaban J connectivity index is 2.15. The molecule has 21 heavy (non-hydrogen) atoms. The number of benzene rings is 1. The Morgan fingerprint density at radius 3 is 2.52 bits per heavy atom. The molecule has 2 aromatic heterocycles. The summed E-state index contributed by atoms with van der Waals surface area (Å²) in [7, 11) is 0. The van der Waals surface area contributed by atoms with Gasteiger partial charge in [-0.05, 0) is 48.9 Å². The van der Waals surface area contributed by atoms with Gasteiger partial charge in [0.15, 0.2) is 0 Å². The maximum Gasteiger partial charge on any atom is 0.126 e. The van der Waals surface area contributed by atoms with Crippen LogP contribution in [0.3, 0.4) is 0 Å². The smallest absolute Gasteiger partial charge is 0.126 e. The largest absolute Gasteiger partial charge is 0.384 e. The Bertz CT molecular complexity index is 782. The van der Waals surface area contributed by atoms with Crippen molar-refractivity contribution in [2.75, 3.05) is 5.73 Å². The summed E-state index contributed by atoms with van der Waals surface area (Å²) in [5, 5.41) is 0. The van der Waals surface area contributed by atoms with Crippen LogP contribution in [0.15, 0.2) is 54.9 Å². The highest BCUT2D eigenvalue weighted by Crippen LogP contribution is 2.30. The molecule has 0 unspecified atom stereocenters. The van der Waals surface area contributed by atoms with E-state index in [2.05, 4.69) is 9.97 Å². The van der Waals surface area contributed by atoms with Crippen molar-refractivity contribution in [2.24, 2.45) is 0 Å². The third-order valence-corrected chi connectivity index (χ3v) is 3.34. The minimum atomic E-state index is -0.217. The molecule has 104 valence electrons. The molecule has 0 amide bonds. The first-order valence-electron chi connectivity index (χ1n) is 6.58. The normalized spacial score (nSPS) is 10.6. The number of nitrogens with two attached hydrogens (primary N) is 1. The van der Waals surface area contributed by atoms with Gasteiger partial charge in [-0.25, -0.2) is 9.37 Å². The van der Waals surface area contributed by atoms with Crippen molar-refractivity contribution in [2.45, 2.75) is 6.92 Å². The second kappa shape index (κ2) is 5.32. The molecule has 2 heterocycles. The van der Waals surface area contributed by atoms with Crippen molar-refractivity contribution >= 4 is 5.82 Å². The molecule has 3 aromatic rings. The second-order valence-corrected chi connectivity index (χ2v) is 4.84. The number of aromatic nitrogens is 2. The zero-order valence-corrected chi connectivity index (χ0v) is 11.5. The van der Waals surface area contributed by atoms with Gasteiger partial charge in [0.2, 0.25) is 0 Å². The number of hydrogen-bond donors (Lipinski definition) is 1. The third-order valence-electron chi connectivity index (χ3n) is 3.34. The monoisotopic (exact) mass is 279 g/mol. The fraction of sp³-hybridized carbons (Fsp3) is 0.0588. The van der Waals surface area contributed by atoms with E-state index in [-0.39, 0.29) is 5.82 Å². The van der Waals surface area contributed by atoms with Gasteiger partial charge in [0.05, 0.1) is 5.69 Å². The number of halogens is 1. The molecule has 0 atom stereocenters. The average Bonchev–Trinajstić information content (AvgIpc) is 2.51. The van der Waals surface area contributed by atoms with Gasteiger partial charge in [-0.2, -0.15) is 0 Å². The average molecular weight is 279 g/mol. The molecule has 0 aliphatic carbocycles. The fourth-order valence-electron chi connectivity index (χ4n) is 2.22. The van der Waals surface area contributed by atoms with Crippen molar-refractivity contribution < 1.29 is 4.39 Å². The van der Waals surface area contributed by atoms with E-state index in [0.29, 0.717) is 11.4 Å². The molecule has 2 N–H and O–H groups in total. The van der Waals surface area contributed by atoms with E-state index in [1.54, 1.807) is 37.5 Å². The van der Waals surface area contributed by atoms with Crippen LogP contribution in [0.5, 0.6) is 0 Å². The molecule has 0 aliphatic heterocycles. The van der Waals surface area contributed by atoms with Crippen LogP contribution in [-0.2, 0) is 0 Å². The van der Waals surface area contributed by atoms with Gasteiger partial charge in [0, 0.05) is 29.1 Å². The maximum absolute atomic E-state index is 13.4. The first kappa shape index (κ1) is 13.2. The molecule has 0 bridgehead atoms. The molecular weight excluding hydrogens is 265 g/mol. The van der Waals surface area contributed by atoms with Crippen LogP contribution in [0, 0.1) is 12.7 Å². The summed E-state index contributed by atoms with van der Waals surface area (Å²) >= 11 is 0. The molecule has 0 saturated heterocycles. The molecule has 0 aliphatic rings. The predicted molar refractivity (Wildman–Crippen MR) is 82.0 cm³/mol. The van der Waals surface area contributed by atoms with Gasteiger partial charge >= 0.3 is 0 Å². The molecule has 0 spiro atoms. The first-order chi connectivity index (χ1) is 10.1. The lowest BCUT2D eigenvalue weighted by molar-refractivity contribution is 0.619. The van der Waals surface area contributed by atoms with Crippen LogP contribution in [-0.4, -0.2) is 9.97 Å². The summed E-state index contributed by atoms with van der Waals surface area (Å²) in [6.07, 6.45) is 3.44. The van der Waals surface area contributed by atoms with Crippen molar-refractivity contribution in [3.8, 4) is 22.4 Å². The van der Waals surface area contributed by atoms with Gasteiger partial charge in [-0.1, -0.05) is 6.07 Å². The Hall–Kier alpha value is -2.75. The van der Waals surface area contributed by atoms with E-state index in [0.717, 1.165) is 22.4 Å². The maximum atomic E-state index is 13.4. The van der Waals surface area contributed by atoms with E-state index in [1.165, 1.54) is 6.07 Å². The Morgan fingerprint density at radius 1 is 1.00 bits per heavy atom. The standard InChI is InChI=1S/C17H14FN3/c1-11-9-12(4-6-15(11)18)17-14(3-2-8-20-17)13-5-7-16(19)21-10-13/h2-10H,1H3,(H2,19,21). The van der Waals surface area contributed by atoms with E-state index in [9.17, 15) is 4.39 Å². The lowest BCUT2D eigenvalue weighted by Crippen LogP contribution is -1.93. The number of pyridine rings is 2. The van der Waals surface area contributed by atoms with Crippen molar-refractivity contribution in [1.82, 2.24) is 9.97 Å². The molecule has 0 saturated carbocycles. The number of rotatable bonds is 2. The van der Waals surface area contributed by atoms with E-state index >= 15 is 0 Å². The molecule has 0 radical (unpaired) electrons. The SMILES string of the molecule is Cc1cc(-c2ncccc2-c2ccc(N)nc2)ccc1F. The van der Waals surface area contributed by atoms with E-state index < -0.39 is 0 Å². The van der Waals surface area contributed by atoms with Crippen LogP contribution < -0.4 is 5.73 Å². The fourth-order valence-corrected chi connectivity index (χ4v) is 2.22. The summed E-state index contributed by atoms with van der Waals surface area (Å²) in [6, 6.07) is 12.5. The molecular formula is C17H14FN3. The van der Waals surface area contributed by atoms with E-state index in [4.69, 9.17) is 5.73 Å². The number of nitrogens with zero attached hydrogens (tertiary/aromatic N) is 2. The quantitative estimate of drug-likeness (QED) is 0.775. The number of hydrogen-bond acceptors (Lipinski definition) is 3. The van der Waals surface area contributed by atoms with Crippen LogP contribution in [0.1, 0.15) is 5.56 Å². The summed E-state index contributed by atoms with van der Waals surface area (Å²) in [5.74, 6) is 0.257. The van der Waals surface area contributed by atoms with Crippen LogP contribution in [0.2, 0.25) is 0 Å². The number of anilines is 1. The molecule has 0 fully saturated rings. The topological polar surface area (TPSA) is 51.8 Å². The molecule has 4 heteroatoms. The molecule has 3 rings (SSSR count). The molecule has 1 aromatic carbocycles. The third kappa shape index (κ3) is 2.60. The van der Waals surface area contributed by atoms with Crippen molar-refractivity contribution in [3.63, 3.8) is 0 Å². The summed E-state index contributed by atoms with van der Waals surface area (Å²) in [5.41, 5.74) is 9.76. The highest BCUT2D eigenvalue weighted by Gasteiger charge is 2.10. The lowest BCUT2D eigenvalue weighted by atomic mass is 9.99. The van der Waals surface area contributed by atoms with Gasteiger partial charge in [0.1, 0.15) is 11.6 Å². The minimum absolute atomic E-state index is 0.217. The first-order valence-corrected chi connectivity index (χ1v) is 6.58. The number of aryl methyl sites for hydroxylation is 1. The minimum Gasteiger partial charge on any atom is -0.384 e. The summed E-state index contributed by atoms with van der Waals surface area (Å²) in [4.78, 5) is 8.55. The van der Waals surface area contributed by atoms with E-state index in [1.807, 2.05) is 18.2 Å². The Morgan fingerprint density at radius 2 is 1.81 bits per heavy atom. The van der Waals surface area contributed by atoms with Gasteiger partial charge in [-0.3, -0.25) is 4.98 Å². The summed E-state index contributed by atoms with van der Waals surface area (Å²) in [6.45, 7) is 1.74. The second-order valence-electron chi connectivity index (χ2n) is 4.84. The van der Waals surface area contributed by atoms with Crippen LogP contribution in [0.25, 0.3) is 22.4 Å². The lowest BCUT2D eigenvalue weighted by Gasteiger charge is -2.09. The van der Waals surface area contributed by atoms with Crippen molar-refractivity contribution in [1.29, 1.82) is 0 Å². The Kier molecular flexibility index (Phi) is 3.36. The highest BCUT2D eigenvalue weighted by molar-refractivity contribution is 5.80. The molecule has 3 nitrogen and oxygen atoms in total. The van der Waals surface area contributed by atoms with Crippen molar-refractivity contribution in [3.05, 3.63) is 66.2 Å². The highest BCUT2D eigenvalue weighted by atomic mass is 19.1. The summed E-state index contributed by atoms with van der Waals surface area (Å²) < 4.78 is 13.4. The zero-order valence-electron chi connectivity index (χ0n) is 11.5. The van der Waals surface area contributed by atoms with Gasteiger partial charge in [-0.15, -0.1) is 0 Å².